The Kier molecular flexibility index (Phi) is 3.86. The first-order valence-electron chi connectivity index (χ1n) is 3.43. The van der Waals surface area contributed by atoms with Crippen LogP contribution in [-0.2, 0) is 4.74 Å². The summed E-state index contributed by atoms with van der Waals surface area (Å²) in [5, 5.41) is 0. The van der Waals surface area contributed by atoms with E-state index in [0.717, 1.165) is 0 Å². The Bertz CT molecular complexity index is 297. The van der Waals surface area contributed by atoms with Gasteiger partial charge < -0.3 is 0 Å². The Hall–Kier alpha value is -0.880. The Balaban J connectivity index is 5.50. The predicted molar refractivity (Wildman–Crippen MR) is 28.0 cm³/mol. The minimum Gasteiger partial charge on any atom is -0.221 e. The molecule has 0 aromatic carbocycles. The maximum atomic E-state index is 12.2. The summed E-state index contributed by atoms with van der Waals surface area (Å²) < 4.78 is 141. The number of ether oxygens (including phenoxy) is 1. The minimum atomic E-state index is -7.45. The van der Waals surface area contributed by atoms with Gasteiger partial charge in [-0.2, -0.15) is 39.5 Å². The Morgan fingerprint density at radius 2 is 0.833 bits per heavy atom. The van der Waals surface area contributed by atoms with Crippen LogP contribution in [0, 0.1) is 0 Å². The number of rotatable bonds is 3. The summed E-state index contributed by atoms with van der Waals surface area (Å²) in [6, 6.07) is 0. The van der Waals surface area contributed by atoms with Gasteiger partial charge in [0.25, 0.3) is 0 Å². The Morgan fingerprint density at radius 1 is 0.500 bits per heavy atom. The first-order chi connectivity index (χ1) is 7.46. The summed E-state index contributed by atoms with van der Waals surface area (Å²) in [5.41, 5.74) is 0. The van der Waals surface area contributed by atoms with E-state index < -0.39 is 30.5 Å². The molecule has 0 unspecified atom stereocenters. The molecule has 18 heavy (non-hydrogen) atoms. The van der Waals surface area contributed by atoms with Crippen LogP contribution in [0.5, 0.6) is 0 Å². The lowest BCUT2D eigenvalue weighted by atomic mass is 10.1. The third kappa shape index (κ3) is 2.92. The van der Waals surface area contributed by atoms with Crippen LogP contribution >= 0.6 is 0 Å². The molecular formula is C5F12O. The van der Waals surface area contributed by atoms with E-state index >= 15 is 0 Å². The molecule has 0 aromatic rings. The third-order valence-electron chi connectivity index (χ3n) is 1.36. The van der Waals surface area contributed by atoms with E-state index in [4.69, 9.17) is 0 Å². The number of halogens is 12. The molecule has 0 heterocycles. The van der Waals surface area contributed by atoms with E-state index in [-0.39, 0.29) is 0 Å². The molecule has 0 fully saturated rings. The molecule has 0 aliphatic rings. The van der Waals surface area contributed by atoms with Crippen LogP contribution in [0.1, 0.15) is 0 Å². The van der Waals surface area contributed by atoms with Gasteiger partial charge in [-0.3, -0.25) is 0 Å². The predicted octanol–water partition coefficient (Wildman–Crippen LogP) is 3.95. The summed E-state index contributed by atoms with van der Waals surface area (Å²) in [6.45, 7) is 0. The summed E-state index contributed by atoms with van der Waals surface area (Å²) in [5.74, 6) is -14.9. The maximum absolute atomic E-state index is 12.2. The van der Waals surface area contributed by atoms with Crippen LogP contribution in [-0.4, -0.2) is 30.5 Å². The highest BCUT2D eigenvalue weighted by Crippen LogP contribution is 2.54. The molecule has 110 valence electrons. The van der Waals surface area contributed by atoms with Crippen LogP contribution in [0.15, 0.2) is 0 Å². The van der Waals surface area contributed by atoms with Gasteiger partial charge in [-0.1, -0.05) is 0 Å². The lowest BCUT2D eigenvalue weighted by molar-refractivity contribution is -0.502. The number of hydrogen-bond acceptors (Lipinski definition) is 1. The minimum absolute atomic E-state index is 1.31. The smallest absolute Gasteiger partial charge is 0.221 e. The van der Waals surface area contributed by atoms with Crippen molar-refractivity contribution < 1.29 is 57.4 Å². The molecule has 0 aliphatic carbocycles. The summed E-state index contributed by atoms with van der Waals surface area (Å²) in [6.07, 6.45) is -20.9. The first kappa shape index (κ1) is 17.1. The molecule has 0 saturated heterocycles. The Morgan fingerprint density at radius 3 is 1.06 bits per heavy atom. The fourth-order valence-electron chi connectivity index (χ4n) is 0.570. The second-order valence-corrected chi connectivity index (χ2v) is 2.71. The van der Waals surface area contributed by atoms with Crippen molar-refractivity contribution >= 4 is 0 Å². The van der Waals surface area contributed by atoms with E-state index in [0.29, 0.717) is 0 Å². The molecular weight excluding hydrogens is 304 g/mol. The van der Waals surface area contributed by atoms with E-state index in [1.54, 1.807) is 0 Å². The second kappa shape index (κ2) is 4.06. The fourth-order valence-corrected chi connectivity index (χ4v) is 0.570. The lowest BCUT2D eigenvalue weighted by Gasteiger charge is -2.33. The van der Waals surface area contributed by atoms with Gasteiger partial charge in [0, 0.05) is 0 Å². The van der Waals surface area contributed by atoms with Crippen LogP contribution in [0.3, 0.4) is 0 Å². The zero-order chi connectivity index (χ0) is 15.2. The summed E-state index contributed by atoms with van der Waals surface area (Å²) in [4.78, 5) is 0. The molecule has 0 bridgehead atoms. The topological polar surface area (TPSA) is 9.23 Å². The summed E-state index contributed by atoms with van der Waals surface area (Å²) >= 11 is 0. The highest BCUT2D eigenvalue weighted by Gasteiger charge is 2.84. The van der Waals surface area contributed by atoms with E-state index in [9.17, 15) is 52.7 Å². The van der Waals surface area contributed by atoms with Gasteiger partial charge >= 0.3 is 30.5 Å². The molecule has 1 nitrogen and oxygen atoms in total. The molecule has 0 amide bonds. The maximum Gasteiger partial charge on any atom is 0.527 e. The highest BCUT2D eigenvalue weighted by atomic mass is 19.4. The van der Waals surface area contributed by atoms with Crippen LogP contribution in [0.4, 0.5) is 52.7 Å². The van der Waals surface area contributed by atoms with Crippen LogP contribution < -0.4 is 0 Å². The van der Waals surface area contributed by atoms with E-state index in [2.05, 4.69) is 0 Å². The molecule has 0 N–H and O–H groups in total. The van der Waals surface area contributed by atoms with Gasteiger partial charge in [-0.25, -0.2) is 4.74 Å². The van der Waals surface area contributed by atoms with Crippen LogP contribution in [0.25, 0.3) is 0 Å². The van der Waals surface area contributed by atoms with Crippen molar-refractivity contribution in [1.82, 2.24) is 0 Å². The normalized spacial score (nSPS) is 16.0. The molecule has 0 spiro atoms. The standard InChI is InChI=1S/C5F12O/c6-1(7,3(10,11)12)2(8,9)4(13,14)18-5(15,16)17. The average molecular weight is 304 g/mol. The molecule has 0 rings (SSSR count). The molecule has 0 radical (unpaired) electrons. The second-order valence-electron chi connectivity index (χ2n) is 2.71. The Labute approximate surface area is 89.3 Å². The van der Waals surface area contributed by atoms with Gasteiger partial charge in [0.15, 0.2) is 0 Å². The van der Waals surface area contributed by atoms with Crippen LogP contribution in [0.2, 0.25) is 0 Å². The molecule has 0 aromatic heterocycles. The van der Waals surface area contributed by atoms with Crippen molar-refractivity contribution in [3.05, 3.63) is 0 Å². The van der Waals surface area contributed by atoms with Gasteiger partial charge in [-0.05, 0) is 0 Å². The molecule has 0 aliphatic heterocycles. The average Bonchev–Trinajstić information content (AvgIpc) is 1.95. The monoisotopic (exact) mass is 304 g/mol. The van der Waals surface area contributed by atoms with Crippen molar-refractivity contribution in [2.45, 2.75) is 30.5 Å². The third-order valence-corrected chi connectivity index (χ3v) is 1.36. The van der Waals surface area contributed by atoms with Gasteiger partial charge in [0.2, 0.25) is 0 Å². The van der Waals surface area contributed by atoms with E-state index in [1.807, 2.05) is 0 Å². The first-order valence-corrected chi connectivity index (χ1v) is 3.43. The molecule has 13 heteroatoms. The van der Waals surface area contributed by atoms with Crippen molar-refractivity contribution in [2.24, 2.45) is 0 Å². The van der Waals surface area contributed by atoms with Gasteiger partial charge in [0.05, 0.1) is 0 Å². The zero-order valence-electron chi connectivity index (χ0n) is 7.44. The highest BCUT2D eigenvalue weighted by molar-refractivity contribution is 4.96. The van der Waals surface area contributed by atoms with Crippen molar-refractivity contribution in [1.29, 1.82) is 0 Å². The number of hydrogen-bond donors (Lipinski definition) is 0. The zero-order valence-corrected chi connectivity index (χ0v) is 7.44. The SMILES string of the molecule is FC(F)(F)OC(F)(F)C(F)(F)C(F)(F)C(F)(F)F. The fraction of sp³-hybridized carbons (Fsp3) is 1.00. The number of alkyl halides is 12. The van der Waals surface area contributed by atoms with Crippen molar-refractivity contribution in [3.8, 4) is 0 Å². The quantitative estimate of drug-likeness (QED) is 0.717. The van der Waals surface area contributed by atoms with Crippen molar-refractivity contribution in [3.63, 3.8) is 0 Å². The summed E-state index contributed by atoms with van der Waals surface area (Å²) in [7, 11) is 0. The van der Waals surface area contributed by atoms with Gasteiger partial charge in [-0.15, -0.1) is 13.2 Å². The van der Waals surface area contributed by atoms with Crippen molar-refractivity contribution in [2.75, 3.05) is 0 Å². The van der Waals surface area contributed by atoms with E-state index in [1.165, 1.54) is 4.74 Å². The largest absolute Gasteiger partial charge is 0.527 e. The molecule has 0 atom stereocenters. The van der Waals surface area contributed by atoms with Gasteiger partial charge in [0.1, 0.15) is 0 Å². The molecule has 0 saturated carbocycles. The lowest BCUT2D eigenvalue weighted by Crippen LogP contribution is -2.62.